The number of nitrogens with zero attached hydrogens (tertiary/aromatic N) is 1. The summed E-state index contributed by atoms with van der Waals surface area (Å²) in [5, 5.41) is 20.4. The summed E-state index contributed by atoms with van der Waals surface area (Å²) in [6, 6.07) is 2.33. The molecule has 3 heteroatoms. The molecule has 0 saturated heterocycles. The van der Waals surface area contributed by atoms with Crippen molar-refractivity contribution in [2.45, 2.75) is 38.8 Å². The predicted octanol–water partition coefficient (Wildman–Crippen LogP) is 0.649. The van der Waals surface area contributed by atoms with Crippen LogP contribution in [0, 0.1) is 11.3 Å². The summed E-state index contributed by atoms with van der Waals surface area (Å²) in [5.74, 6) is 0. The molecule has 0 spiro atoms. The zero-order valence-electron chi connectivity index (χ0n) is 7.17. The van der Waals surface area contributed by atoms with Gasteiger partial charge in [-0.05, 0) is 13.3 Å². The van der Waals surface area contributed by atoms with Crippen molar-refractivity contribution in [1.29, 1.82) is 5.26 Å². The first-order valence-electron chi connectivity index (χ1n) is 3.99. The summed E-state index contributed by atoms with van der Waals surface area (Å²) in [5.41, 5.74) is 0. The summed E-state index contributed by atoms with van der Waals surface area (Å²) in [6.07, 6.45) is 1.12. The van der Waals surface area contributed by atoms with Crippen LogP contribution in [0.15, 0.2) is 0 Å². The van der Waals surface area contributed by atoms with Crippen LogP contribution in [0.1, 0.15) is 26.7 Å². The molecule has 0 aliphatic heterocycles. The highest BCUT2D eigenvalue weighted by Gasteiger charge is 2.04. The molecule has 2 atom stereocenters. The van der Waals surface area contributed by atoms with Crippen molar-refractivity contribution in [2.24, 2.45) is 0 Å². The highest BCUT2D eigenvalue weighted by molar-refractivity contribution is 4.79. The summed E-state index contributed by atoms with van der Waals surface area (Å²) < 4.78 is 0. The Kier molecular flexibility index (Phi) is 5.81. The summed E-state index contributed by atoms with van der Waals surface area (Å²) in [7, 11) is 0. The molecule has 0 fully saturated rings. The van der Waals surface area contributed by atoms with E-state index in [0.29, 0.717) is 13.0 Å². The van der Waals surface area contributed by atoms with Crippen LogP contribution >= 0.6 is 0 Å². The van der Waals surface area contributed by atoms with Crippen LogP contribution in [0.4, 0.5) is 0 Å². The van der Waals surface area contributed by atoms with Gasteiger partial charge in [-0.2, -0.15) is 5.26 Å². The minimum atomic E-state index is -0.331. The van der Waals surface area contributed by atoms with E-state index in [-0.39, 0.29) is 12.1 Å². The van der Waals surface area contributed by atoms with Gasteiger partial charge in [-0.25, -0.2) is 0 Å². The molecular formula is C8H16N2O. The average Bonchev–Trinajstić information content (AvgIpc) is 1.97. The molecule has 3 nitrogen and oxygen atoms in total. The highest BCUT2D eigenvalue weighted by atomic mass is 16.3. The fourth-order valence-electron chi connectivity index (χ4n) is 0.808. The van der Waals surface area contributed by atoms with Gasteiger partial charge in [0.15, 0.2) is 0 Å². The summed E-state index contributed by atoms with van der Waals surface area (Å²) in [4.78, 5) is 0. The third-order valence-electron chi connectivity index (χ3n) is 1.53. The predicted molar refractivity (Wildman–Crippen MR) is 44.0 cm³/mol. The molecule has 2 N–H and O–H groups in total. The smallest absolute Gasteiger partial charge is 0.0638 e. The molecule has 0 aliphatic carbocycles. The SMILES string of the molecule is CCC(CC#N)NCC(C)O. The lowest BCUT2D eigenvalue weighted by molar-refractivity contribution is 0.185. The zero-order chi connectivity index (χ0) is 8.69. The number of hydrogen-bond acceptors (Lipinski definition) is 3. The number of aliphatic hydroxyl groups excluding tert-OH is 1. The monoisotopic (exact) mass is 156 g/mol. The van der Waals surface area contributed by atoms with E-state index in [2.05, 4.69) is 11.4 Å². The highest BCUT2D eigenvalue weighted by Crippen LogP contribution is 1.95. The van der Waals surface area contributed by atoms with Crippen molar-refractivity contribution < 1.29 is 5.11 Å². The molecule has 11 heavy (non-hydrogen) atoms. The molecular weight excluding hydrogens is 140 g/mol. The molecule has 2 unspecified atom stereocenters. The largest absolute Gasteiger partial charge is 0.392 e. The molecule has 0 aromatic carbocycles. The van der Waals surface area contributed by atoms with Crippen molar-refractivity contribution in [1.82, 2.24) is 5.32 Å². The van der Waals surface area contributed by atoms with Gasteiger partial charge in [0.1, 0.15) is 0 Å². The van der Waals surface area contributed by atoms with E-state index in [1.165, 1.54) is 0 Å². The van der Waals surface area contributed by atoms with Crippen LogP contribution in [-0.4, -0.2) is 23.8 Å². The Bertz CT molecular complexity index is 129. The van der Waals surface area contributed by atoms with Crippen molar-refractivity contribution in [3.05, 3.63) is 0 Å². The van der Waals surface area contributed by atoms with Crippen molar-refractivity contribution in [3.63, 3.8) is 0 Å². The van der Waals surface area contributed by atoms with Gasteiger partial charge in [0.2, 0.25) is 0 Å². The molecule has 0 amide bonds. The molecule has 0 aromatic rings. The number of hydrogen-bond donors (Lipinski definition) is 2. The van der Waals surface area contributed by atoms with Crippen LogP contribution in [0.3, 0.4) is 0 Å². The van der Waals surface area contributed by atoms with Crippen LogP contribution in [-0.2, 0) is 0 Å². The van der Waals surface area contributed by atoms with Crippen molar-refractivity contribution in [3.8, 4) is 6.07 Å². The lowest BCUT2D eigenvalue weighted by Gasteiger charge is -2.14. The van der Waals surface area contributed by atoms with Gasteiger partial charge >= 0.3 is 0 Å². The van der Waals surface area contributed by atoms with Gasteiger partial charge in [0.25, 0.3) is 0 Å². The maximum absolute atomic E-state index is 8.92. The fourth-order valence-corrected chi connectivity index (χ4v) is 0.808. The van der Waals surface area contributed by atoms with Gasteiger partial charge in [0, 0.05) is 12.6 Å². The quantitative estimate of drug-likeness (QED) is 0.614. The van der Waals surface area contributed by atoms with Gasteiger partial charge < -0.3 is 10.4 Å². The maximum atomic E-state index is 8.92. The minimum Gasteiger partial charge on any atom is -0.392 e. The topological polar surface area (TPSA) is 56.0 Å². The molecule has 0 heterocycles. The number of nitrogens with one attached hydrogen (secondary N) is 1. The average molecular weight is 156 g/mol. The van der Waals surface area contributed by atoms with E-state index >= 15 is 0 Å². The lowest BCUT2D eigenvalue weighted by Crippen LogP contribution is -2.33. The standard InChI is InChI=1S/C8H16N2O/c1-3-8(4-5-9)10-6-7(2)11/h7-8,10-11H,3-4,6H2,1-2H3. The van der Waals surface area contributed by atoms with Crippen molar-refractivity contribution >= 4 is 0 Å². The fraction of sp³-hybridized carbons (Fsp3) is 0.875. The summed E-state index contributed by atoms with van der Waals surface area (Å²) in [6.45, 7) is 4.32. The lowest BCUT2D eigenvalue weighted by atomic mass is 10.1. The van der Waals surface area contributed by atoms with Gasteiger partial charge in [-0.15, -0.1) is 0 Å². The first-order chi connectivity index (χ1) is 5.20. The van der Waals surface area contributed by atoms with Gasteiger partial charge in [-0.3, -0.25) is 0 Å². The van der Waals surface area contributed by atoms with E-state index in [1.807, 2.05) is 6.92 Å². The van der Waals surface area contributed by atoms with Crippen LogP contribution in [0.2, 0.25) is 0 Å². The zero-order valence-corrected chi connectivity index (χ0v) is 7.17. The minimum absolute atomic E-state index is 0.231. The van der Waals surface area contributed by atoms with Gasteiger partial charge in [0.05, 0.1) is 18.6 Å². The van der Waals surface area contributed by atoms with Crippen LogP contribution in [0.5, 0.6) is 0 Å². The first-order valence-corrected chi connectivity index (χ1v) is 3.99. The third-order valence-corrected chi connectivity index (χ3v) is 1.53. The number of aliphatic hydroxyl groups is 1. The molecule has 0 radical (unpaired) electrons. The molecule has 0 aliphatic rings. The molecule has 64 valence electrons. The molecule has 0 aromatic heterocycles. The van der Waals surface area contributed by atoms with Crippen LogP contribution in [0.25, 0.3) is 0 Å². The Morgan fingerprint density at radius 2 is 2.27 bits per heavy atom. The number of nitriles is 1. The Hall–Kier alpha value is -0.590. The molecule has 0 rings (SSSR count). The second-order valence-electron chi connectivity index (χ2n) is 2.72. The maximum Gasteiger partial charge on any atom is 0.0638 e. The Morgan fingerprint density at radius 1 is 1.64 bits per heavy atom. The number of rotatable bonds is 5. The summed E-state index contributed by atoms with van der Waals surface area (Å²) >= 11 is 0. The molecule has 0 bridgehead atoms. The van der Waals surface area contributed by atoms with E-state index in [4.69, 9.17) is 10.4 Å². The third kappa shape index (κ3) is 5.84. The van der Waals surface area contributed by atoms with Gasteiger partial charge in [-0.1, -0.05) is 6.92 Å². The molecule has 0 saturated carbocycles. The Morgan fingerprint density at radius 3 is 2.64 bits per heavy atom. The normalized spacial score (nSPS) is 15.5. The van der Waals surface area contributed by atoms with E-state index in [1.54, 1.807) is 6.92 Å². The Balaban J connectivity index is 3.45. The van der Waals surface area contributed by atoms with E-state index in [9.17, 15) is 0 Å². The van der Waals surface area contributed by atoms with Crippen LogP contribution < -0.4 is 5.32 Å². The second-order valence-corrected chi connectivity index (χ2v) is 2.72. The van der Waals surface area contributed by atoms with E-state index < -0.39 is 0 Å². The van der Waals surface area contributed by atoms with E-state index in [0.717, 1.165) is 6.42 Å². The van der Waals surface area contributed by atoms with Crippen molar-refractivity contribution in [2.75, 3.05) is 6.54 Å². The Labute approximate surface area is 68.0 Å². The first kappa shape index (κ1) is 10.4. The second kappa shape index (κ2) is 6.14.